The molecule has 0 aliphatic rings. The minimum Gasteiger partial charge on any atom is -0.450 e. The Balaban J connectivity index is 2.59. The van der Waals surface area contributed by atoms with Gasteiger partial charge in [0.15, 0.2) is 5.11 Å². The van der Waals surface area contributed by atoms with E-state index in [9.17, 15) is 4.79 Å². The van der Waals surface area contributed by atoms with Crippen LogP contribution in [0.1, 0.15) is 26.7 Å². The molecule has 1 amide bonds. The number of nitrogens with one attached hydrogen (secondary N) is 3. The lowest BCUT2D eigenvalue weighted by molar-refractivity contribution is 0.158. The van der Waals surface area contributed by atoms with Crippen LogP contribution in [0.3, 0.4) is 0 Å². The number of alkyl carbamates (subject to hydrolysis) is 1. The van der Waals surface area contributed by atoms with Gasteiger partial charge >= 0.3 is 6.09 Å². The number of benzene rings is 1. The van der Waals surface area contributed by atoms with Crippen LogP contribution in [0.2, 0.25) is 0 Å². The monoisotopic (exact) mass is 322 g/mol. The van der Waals surface area contributed by atoms with E-state index < -0.39 is 6.09 Å². The van der Waals surface area contributed by atoms with Gasteiger partial charge in [0.25, 0.3) is 0 Å². The highest BCUT2D eigenvalue weighted by atomic mass is 32.1. The van der Waals surface area contributed by atoms with Crippen molar-refractivity contribution in [2.75, 3.05) is 18.5 Å². The summed E-state index contributed by atoms with van der Waals surface area (Å²) in [4.78, 5) is 15.6. The molecule has 0 aliphatic heterocycles. The summed E-state index contributed by atoms with van der Waals surface area (Å²) in [7, 11) is 0. The number of ether oxygens (including phenoxy) is 1. The summed E-state index contributed by atoms with van der Waals surface area (Å²) >= 11 is 5.07. The topological polar surface area (TPSA) is 74.8 Å². The summed E-state index contributed by atoms with van der Waals surface area (Å²) in [6.45, 7) is 5.04. The zero-order valence-corrected chi connectivity index (χ0v) is 13.7. The SMILES string of the molecule is CCCCN/C=N/c1ccccc1NC(=S)NC(=O)OCC. The second kappa shape index (κ2) is 10.6. The zero-order valence-electron chi connectivity index (χ0n) is 12.9. The molecule has 3 N–H and O–H groups in total. The third-order valence-electron chi connectivity index (χ3n) is 2.61. The fourth-order valence-electron chi connectivity index (χ4n) is 1.56. The Bertz CT molecular complexity index is 520. The van der Waals surface area contributed by atoms with Gasteiger partial charge in [-0.3, -0.25) is 5.32 Å². The molecular formula is C15H22N4O2S. The van der Waals surface area contributed by atoms with Crippen LogP contribution >= 0.6 is 12.2 Å². The first-order chi connectivity index (χ1) is 10.7. The molecule has 0 heterocycles. The molecule has 7 heteroatoms. The van der Waals surface area contributed by atoms with Gasteiger partial charge in [-0.15, -0.1) is 0 Å². The van der Waals surface area contributed by atoms with Gasteiger partial charge in [-0.25, -0.2) is 9.79 Å². The molecule has 0 aliphatic carbocycles. The van der Waals surface area contributed by atoms with Gasteiger partial charge in [0, 0.05) is 6.54 Å². The number of carbonyl (C=O) groups is 1. The second-order valence-electron chi connectivity index (χ2n) is 4.38. The largest absolute Gasteiger partial charge is 0.450 e. The summed E-state index contributed by atoms with van der Waals surface area (Å²) in [5.74, 6) is 0. The number of hydrogen-bond acceptors (Lipinski definition) is 4. The van der Waals surface area contributed by atoms with Crippen LogP contribution in [0, 0.1) is 0 Å². The standard InChI is InChI=1S/C15H22N4O2S/c1-3-5-10-16-11-17-12-8-6-7-9-13(12)18-14(22)19-15(20)21-4-2/h6-9,11H,3-5,10H2,1-2H3,(H,16,17)(H2,18,19,20,22). The molecule has 0 unspecified atom stereocenters. The van der Waals surface area contributed by atoms with Crippen LogP contribution in [0.25, 0.3) is 0 Å². The predicted octanol–water partition coefficient (Wildman–Crippen LogP) is 3.18. The van der Waals surface area contributed by atoms with Crippen LogP contribution in [0.5, 0.6) is 0 Å². The van der Waals surface area contributed by atoms with E-state index in [1.54, 1.807) is 13.3 Å². The van der Waals surface area contributed by atoms with Crippen molar-refractivity contribution in [2.24, 2.45) is 4.99 Å². The van der Waals surface area contributed by atoms with E-state index in [4.69, 9.17) is 17.0 Å². The van der Waals surface area contributed by atoms with Crippen molar-refractivity contribution in [2.45, 2.75) is 26.7 Å². The van der Waals surface area contributed by atoms with Gasteiger partial charge in [-0.05, 0) is 37.7 Å². The Hall–Kier alpha value is -2.15. The minimum atomic E-state index is -0.581. The molecule has 0 atom stereocenters. The molecule has 0 aromatic heterocycles. The van der Waals surface area contributed by atoms with E-state index in [1.807, 2.05) is 24.3 Å². The number of carbonyl (C=O) groups excluding carboxylic acids is 1. The molecule has 120 valence electrons. The molecule has 1 aromatic rings. The van der Waals surface area contributed by atoms with Crippen LogP contribution < -0.4 is 16.0 Å². The summed E-state index contributed by atoms with van der Waals surface area (Å²) < 4.78 is 4.77. The van der Waals surface area contributed by atoms with Crippen LogP contribution in [-0.2, 0) is 4.74 Å². The van der Waals surface area contributed by atoms with E-state index >= 15 is 0 Å². The lowest BCUT2D eigenvalue weighted by Crippen LogP contribution is -2.34. The fraction of sp³-hybridized carbons (Fsp3) is 0.400. The van der Waals surface area contributed by atoms with Crippen molar-refractivity contribution in [1.29, 1.82) is 0 Å². The van der Waals surface area contributed by atoms with Crippen LogP contribution in [0.4, 0.5) is 16.2 Å². The minimum absolute atomic E-state index is 0.167. The Morgan fingerprint density at radius 1 is 1.36 bits per heavy atom. The van der Waals surface area contributed by atoms with Crippen molar-refractivity contribution in [3.05, 3.63) is 24.3 Å². The number of amides is 1. The van der Waals surface area contributed by atoms with Gasteiger partial charge in [-0.1, -0.05) is 25.5 Å². The van der Waals surface area contributed by atoms with Crippen molar-refractivity contribution in [1.82, 2.24) is 10.6 Å². The van der Waals surface area contributed by atoms with Gasteiger partial charge < -0.3 is 15.4 Å². The molecule has 0 spiro atoms. The number of para-hydroxylation sites is 2. The average Bonchev–Trinajstić information content (AvgIpc) is 2.48. The molecule has 6 nitrogen and oxygen atoms in total. The Labute approximate surface area is 136 Å². The summed E-state index contributed by atoms with van der Waals surface area (Å²) in [5.41, 5.74) is 1.43. The summed E-state index contributed by atoms with van der Waals surface area (Å²) in [6.07, 6.45) is 3.31. The number of thiocarbonyl (C=S) groups is 1. The molecule has 0 bridgehead atoms. The van der Waals surface area contributed by atoms with Crippen molar-refractivity contribution in [3.8, 4) is 0 Å². The maximum atomic E-state index is 11.3. The summed E-state index contributed by atoms with van der Waals surface area (Å²) in [5, 5.41) is 8.65. The van der Waals surface area contributed by atoms with Gasteiger partial charge in [-0.2, -0.15) is 0 Å². The normalized spacial score (nSPS) is 10.3. The maximum absolute atomic E-state index is 11.3. The molecule has 1 rings (SSSR count). The molecule has 1 aromatic carbocycles. The number of nitrogens with zero attached hydrogens (tertiary/aromatic N) is 1. The molecule has 0 saturated carbocycles. The first-order valence-corrected chi connectivity index (χ1v) is 7.67. The number of hydrogen-bond donors (Lipinski definition) is 3. The van der Waals surface area contributed by atoms with E-state index in [2.05, 4.69) is 27.9 Å². The van der Waals surface area contributed by atoms with E-state index in [-0.39, 0.29) is 5.11 Å². The second-order valence-corrected chi connectivity index (χ2v) is 4.79. The first-order valence-electron chi connectivity index (χ1n) is 7.27. The fourth-order valence-corrected chi connectivity index (χ4v) is 1.76. The van der Waals surface area contributed by atoms with Crippen LogP contribution in [-0.4, -0.2) is 30.7 Å². The zero-order chi connectivity index (χ0) is 16.2. The van der Waals surface area contributed by atoms with Crippen molar-refractivity contribution < 1.29 is 9.53 Å². The van der Waals surface area contributed by atoms with E-state index in [0.29, 0.717) is 12.3 Å². The Kier molecular flexibility index (Phi) is 8.59. The molecule has 22 heavy (non-hydrogen) atoms. The van der Waals surface area contributed by atoms with E-state index in [1.165, 1.54) is 0 Å². The van der Waals surface area contributed by atoms with E-state index in [0.717, 1.165) is 25.1 Å². The third kappa shape index (κ3) is 7.03. The Morgan fingerprint density at radius 3 is 2.86 bits per heavy atom. The summed E-state index contributed by atoms with van der Waals surface area (Å²) in [6, 6.07) is 7.43. The number of rotatable bonds is 7. The van der Waals surface area contributed by atoms with Gasteiger partial charge in [0.2, 0.25) is 0 Å². The van der Waals surface area contributed by atoms with Gasteiger partial charge in [0.05, 0.1) is 24.3 Å². The van der Waals surface area contributed by atoms with Crippen molar-refractivity contribution >= 4 is 41.1 Å². The predicted molar refractivity (Wildman–Crippen MR) is 93.9 cm³/mol. The highest BCUT2D eigenvalue weighted by molar-refractivity contribution is 7.80. The van der Waals surface area contributed by atoms with Gasteiger partial charge in [0.1, 0.15) is 0 Å². The third-order valence-corrected chi connectivity index (χ3v) is 2.82. The number of anilines is 1. The van der Waals surface area contributed by atoms with Crippen LogP contribution in [0.15, 0.2) is 29.3 Å². The smallest absolute Gasteiger partial charge is 0.413 e. The van der Waals surface area contributed by atoms with Crippen molar-refractivity contribution in [3.63, 3.8) is 0 Å². The molecular weight excluding hydrogens is 300 g/mol. The lowest BCUT2D eigenvalue weighted by atomic mass is 10.3. The highest BCUT2D eigenvalue weighted by Gasteiger charge is 2.06. The maximum Gasteiger partial charge on any atom is 0.413 e. The Morgan fingerprint density at radius 2 is 2.14 bits per heavy atom. The molecule has 0 radical (unpaired) electrons. The highest BCUT2D eigenvalue weighted by Crippen LogP contribution is 2.23. The lowest BCUT2D eigenvalue weighted by Gasteiger charge is -2.11. The molecule has 0 saturated heterocycles. The average molecular weight is 322 g/mol. The quantitative estimate of drug-likeness (QED) is 0.311. The first kappa shape index (κ1) is 17.9. The number of aliphatic imine (C=N–C) groups is 1. The molecule has 0 fully saturated rings. The number of unbranched alkanes of at least 4 members (excludes halogenated alkanes) is 1.